The van der Waals surface area contributed by atoms with Gasteiger partial charge in [-0.2, -0.15) is 0 Å². The monoisotopic (exact) mass is 424 g/mol. The average molecular weight is 425 g/mol. The van der Waals surface area contributed by atoms with E-state index in [1.54, 1.807) is 6.08 Å². The van der Waals surface area contributed by atoms with Crippen molar-refractivity contribution in [2.45, 2.75) is 57.2 Å². The molecule has 0 amide bonds. The number of carbonyl (C=O) groups excluding carboxylic acids is 2. The summed E-state index contributed by atoms with van der Waals surface area (Å²) < 4.78 is 15.4. The maximum Gasteiger partial charge on any atom is 0.178 e. The van der Waals surface area contributed by atoms with E-state index in [-0.39, 0.29) is 47.6 Å². The van der Waals surface area contributed by atoms with Crippen molar-refractivity contribution in [3.8, 4) is 0 Å². The van der Waals surface area contributed by atoms with E-state index in [9.17, 15) is 19.8 Å². The van der Waals surface area contributed by atoms with Gasteiger partial charge in [0.05, 0.1) is 11.0 Å². The second kappa shape index (κ2) is 7.00. The second-order valence-electron chi connectivity index (χ2n) is 10.0. The molecule has 0 bridgehead atoms. The molecule has 0 radical (unpaired) electrons. The molecule has 3 fully saturated rings. The van der Waals surface area contributed by atoms with Crippen LogP contribution >= 0.6 is 11.6 Å². The van der Waals surface area contributed by atoms with Gasteiger partial charge in [-0.25, -0.2) is 4.39 Å². The summed E-state index contributed by atoms with van der Waals surface area (Å²) in [5.41, 5.74) is -0.127. The van der Waals surface area contributed by atoms with Crippen LogP contribution in [0.1, 0.15) is 40.0 Å². The Morgan fingerprint density at radius 2 is 2.00 bits per heavy atom. The lowest BCUT2D eigenvalue weighted by molar-refractivity contribution is -0.138. The van der Waals surface area contributed by atoms with Crippen molar-refractivity contribution in [3.05, 3.63) is 23.8 Å². The molecule has 0 heterocycles. The van der Waals surface area contributed by atoms with Crippen LogP contribution in [0.5, 0.6) is 0 Å². The number of Topliss-reactive ketones (excluding diaryl/α,β-unsaturated/α-hetero) is 1. The summed E-state index contributed by atoms with van der Waals surface area (Å²) in [6.45, 7) is 5.40. The maximum atomic E-state index is 15.4. The normalized spacial score (nSPS) is 51.6. The molecule has 4 nitrogen and oxygen atoms in total. The topological polar surface area (TPSA) is 74.6 Å². The number of halogens is 2. The number of aliphatic hydroxyl groups is 2. The number of rotatable bonds is 2. The molecule has 4 aliphatic rings. The average Bonchev–Trinajstić information content (AvgIpc) is 2.80. The lowest BCUT2D eigenvalue weighted by Crippen LogP contribution is -2.65. The summed E-state index contributed by atoms with van der Waals surface area (Å²) in [5, 5.41) is 20.9. The van der Waals surface area contributed by atoms with Gasteiger partial charge in [-0.05, 0) is 66.1 Å². The summed E-state index contributed by atoms with van der Waals surface area (Å²) >= 11 is 7.28. The zero-order valence-corrected chi connectivity index (χ0v) is 17.9. The first-order valence-electron chi connectivity index (χ1n) is 10.6. The fourth-order valence-electron chi connectivity index (χ4n) is 7.55. The van der Waals surface area contributed by atoms with E-state index in [1.165, 1.54) is 12.2 Å². The Labute approximate surface area is 176 Å². The molecule has 3 saturated carbocycles. The molecule has 0 saturated heterocycles. The minimum Gasteiger partial charge on any atom is -0.391 e. The van der Waals surface area contributed by atoms with E-state index in [1.807, 2.05) is 20.8 Å². The molecule has 29 heavy (non-hydrogen) atoms. The Hall–Kier alpha value is -1.04. The number of carbonyl (C=O) groups is 2. The summed E-state index contributed by atoms with van der Waals surface area (Å²) in [4.78, 5) is 23.6. The molecule has 10 atom stereocenters. The van der Waals surface area contributed by atoms with Crippen LogP contribution in [0.25, 0.3) is 0 Å². The summed E-state index contributed by atoms with van der Waals surface area (Å²) in [5.74, 6) is -1.75. The van der Waals surface area contributed by atoms with Crippen molar-refractivity contribution in [2.75, 3.05) is 6.61 Å². The zero-order valence-electron chi connectivity index (χ0n) is 17.1. The molecule has 0 spiro atoms. The highest BCUT2D eigenvalue weighted by atomic mass is 35.5. The van der Waals surface area contributed by atoms with E-state index < -0.39 is 35.1 Å². The number of fused-ring (bicyclic) bond motifs is 5. The predicted octanol–water partition coefficient (Wildman–Crippen LogP) is 3.24. The Morgan fingerprint density at radius 1 is 1.31 bits per heavy atom. The first-order valence-corrected chi connectivity index (χ1v) is 11.0. The fraction of sp³-hybridized carbons (Fsp3) is 0.739. The standard InChI is InChI=1S/C23H30ClFO4/c1-11-4-5-13(27)7-14-17(25)8-16-15-6-12(2)21(18(28)10-26)22(15,3)9-19(29)23(16,24)20(11)14/h4-5,7,11-12,15-17,19-21,26,29H,6,8-10H2,1-3H3. The van der Waals surface area contributed by atoms with Gasteiger partial charge in [0.2, 0.25) is 0 Å². The fourth-order valence-corrected chi connectivity index (χ4v) is 8.19. The van der Waals surface area contributed by atoms with E-state index in [0.29, 0.717) is 12.0 Å². The predicted molar refractivity (Wildman–Crippen MR) is 108 cm³/mol. The van der Waals surface area contributed by atoms with Crippen LogP contribution in [0.4, 0.5) is 4.39 Å². The van der Waals surface area contributed by atoms with Gasteiger partial charge in [0.25, 0.3) is 0 Å². The molecule has 4 rings (SSSR count). The van der Waals surface area contributed by atoms with Crippen molar-refractivity contribution in [1.82, 2.24) is 0 Å². The van der Waals surface area contributed by atoms with Gasteiger partial charge in [-0.15, -0.1) is 11.6 Å². The number of ketones is 2. The molecule has 4 aliphatic carbocycles. The van der Waals surface area contributed by atoms with Gasteiger partial charge in [-0.3, -0.25) is 9.59 Å². The first kappa shape index (κ1) is 21.2. The van der Waals surface area contributed by atoms with Crippen LogP contribution in [0.15, 0.2) is 23.8 Å². The van der Waals surface area contributed by atoms with Crippen LogP contribution < -0.4 is 0 Å². The highest BCUT2D eigenvalue weighted by Crippen LogP contribution is 2.68. The number of aliphatic hydroxyl groups excluding tert-OH is 2. The van der Waals surface area contributed by atoms with Crippen molar-refractivity contribution >= 4 is 23.2 Å². The van der Waals surface area contributed by atoms with Gasteiger partial charge in [0.15, 0.2) is 11.6 Å². The smallest absolute Gasteiger partial charge is 0.178 e. The molecule has 160 valence electrons. The Kier molecular flexibility index (Phi) is 5.12. The van der Waals surface area contributed by atoms with Crippen LogP contribution in [0, 0.1) is 40.9 Å². The van der Waals surface area contributed by atoms with Gasteiger partial charge in [0.1, 0.15) is 12.8 Å². The highest BCUT2D eigenvalue weighted by molar-refractivity contribution is 6.25. The quantitative estimate of drug-likeness (QED) is 0.667. The molecule has 6 heteroatoms. The number of alkyl halides is 2. The van der Waals surface area contributed by atoms with Crippen LogP contribution in [0.2, 0.25) is 0 Å². The van der Waals surface area contributed by atoms with E-state index in [2.05, 4.69) is 0 Å². The van der Waals surface area contributed by atoms with E-state index in [0.717, 1.165) is 6.42 Å². The molecule has 2 N–H and O–H groups in total. The minimum absolute atomic E-state index is 0.0196. The molecular weight excluding hydrogens is 395 g/mol. The zero-order chi connectivity index (χ0) is 21.3. The van der Waals surface area contributed by atoms with E-state index in [4.69, 9.17) is 11.6 Å². The lowest BCUT2D eigenvalue weighted by atomic mass is 9.49. The van der Waals surface area contributed by atoms with Gasteiger partial charge in [0, 0.05) is 11.8 Å². The Balaban J connectivity index is 1.82. The van der Waals surface area contributed by atoms with Crippen molar-refractivity contribution in [1.29, 1.82) is 0 Å². The number of allylic oxidation sites excluding steroid dienone is 4. The maximum absolute atomic E-state index is 15.4. The summed E-state index contributed by atoms with van der Waals surface area (Å²) in [7, 11) is 0. The summed E-state index contributed by atoms with van der Waals surface area (Å²) in [6.07, 6.45) is 3.59. The first-order chi connectivity index (χ1) is 13.6. The SMILES string of the molecule is CC1C=CC(=O)C=C2C(F)CC3C4CC(C)C(C(=O)CO)C4(C)CC(O)C3(Cl)C21. The van der Waals surface area contributed by atoms with Crippen molar-refractivity contribution < 1.29 is 24.2 Å². The minimum atomic E-state index is -1.29. The van der Waals surface area contributed by atoms with Crippen LogP contribution in [0.3, 0.4) is 0 Å². The number of hydrogen-bond donors (Lipinski definition) is 2. The van der Waals surface area contributed by atoms with Crippen LogP contribution in [-0.2, 0) is 9.59 Å². The van der Waals surface area contributed by atoms with Crippen LogP contribution in [-0.4, -0.2) is 45.5 Å². The Bertz CT molecular complexity index is 794. The van der Waals surface area contributed by atoms with E-state index >= 15 is 4.39 Å². The third-order valence-corrected chi connectivity index (χ3v) is 9.28. The molecule has 10 unspecified atom stereocenters. The van der Waals surface area contributed by atoms with Crippen molar-refractivity contribution in [2.24, 2.45) is 40.9 Å². The Morgan fingerprint density at radius 3 is 2.66 bits per heavy atom. The number of hydrogen-bond acceptors (Lipinski definition) is 4. The van der Waals surface area contributed by atoms with Gasteiger partial charge >= 0.3 is 0 Å². The van der Waals surface area contributed by atoms with Crippen molar-refractivity contribution in [3.63, 3.8) is 0 Å². The third kappa shape index (κ3) is 2.84. The largest absolute Gasteiger partial charge is 0.391 e. The second-order valence-corrected chi connectivity index (χ2v) is 10.7. The summed E-state index contributed by atoms with van der Waals surface area (Å²) in [6, 6.07) is 0. The molecule has 0 aromatic heterocycles. The molecular formula is C23H30ClFO4. The molecule has 0 aromatic rings. The molecule has 0 aromatic carbocycles. The van der Waals surface area contributed by atoms with Gasteiger partial charge < -0.3 is 10.2 Å². The third-order valence-electron chi connectivity index (χ3n) is 8.51. The highest BCUT2D eigenvalue weighted by Gasteiger charge is 2.69. The molecule has 0 aliphatic heterocycles. The lowest BCUT2D eigenvalue weighted by Gasteiger charge is -2.60. The van der Waals surface area contributed by atoms with Gasteiger partial charge in [-0.1, -0.05) is 26.8 Å².